The van der Waals surface area contributed by atoms with Crippen molar-refractivity contribution in [1.29, 1.82) is 0 Å². The van der Waals surface area contributed by atoms with Gasteiger partial charge in [-0.2, -0.15) is 8.78 Å². The Morgan fingerprint density at radius 1 is 0.463 bits per heavy atom. The van der Waals surface area contributed by atoms with Crippen LogP contribution < -0.4 is 49.8 Å². The molecule has 37 nitrogen and oxygen atoms in total. The highest BCUT2D eigenvalue weighted by molar-refractivity contribution is 5.89. The number of imidazole rings is 2. The van der Waals surface area contributed by atoms with Gasteiger partial charge in [-0.3, -0.25) is 55.4 Å². The van der Waals surface area contributed by atoms with E-state index in [0.717, 1.165) is 41.7 Å². The Labute approximate surface area is 619 Å². The lowest BCUT2D eigenvalue weighted by atomic mass is 10.2. The Bertz CT molecular complexity index is 4190. The van der Waals surface area contributed by atoms with Gasteiger partial charge in [0.1, 0.15) is 33.7 Å². The summed E-state index contributed by atoms with van der Waals surface area (Å²) >= 11 is 0. The molecule has 2 heterocycles. The Hall–Kier alpha value is -11.6. The number of ether oxygens (including phenoxy) is 6. The van der Waals surface area contributed by atoms with Crippen LogP contribution in [-0.2, 0) is 41.5 Å². The minimum absolute atomic E-state index is 0.00889. The van der Waals surface area contributed by atoms with E-state index in [4.69, 9.17) is 61.3 Å². The number of nitrogens with one attached hydrogen (secondary N) is 6. The molecule has 7 aromatic rings. The number of nitro groups is 3. The van der Waals surface area contributed by atoms with Crippen molar-refractivity contribution in [2.75, 3.05) is 72.3 Å². The average molecular weight is 1530 g/mol. The van der Waals surface area contributed by atoms with Gasteiger partial charge in [0.25, 0.3) is 5.69 Å². The number of nitro benzene ring substituents is 3. The largest absolute Gasteiger partial charge is 0.519 e. The van der Waals surface area contributed by atoms with E-state index in [9.17, 15) is 72.7 Å². The van der Waals surface area contributed by atoms with Crippen LogP contribution in [0, 0.1) is 42.0 Å². The molecule has 0 fully saturated rings. The molecular formula is C69H100F2N14O23. The molecule has 0 aliphatic rings. The molecule has 108 heavy (non-hydrogen) atoms. The summed E-state index contributed by atoms with van der Waals surface area (Å²) in [7, 11) is 0. The molecule has 0 saturated carbocycles. The summed E-state index contributed by atoms with van der Waals surface area (Å²) in [6.45, 7) is 27.8. The quantitative estimate of drug-likeness (QED) is 0.00722. The number of nitrogens with zero attached hydrogens (tertiary/aromatic N) is 5. The van der Waals surface area contributed by atoms with Crippen molar-refractivity contribution in [2.45, 2.75) is 171 Å². The van der Waals surface area contributed by atoms with Gasteiger partial charge in [-0.05, 0) is 197 Å². The van der Waals surface area contributed by atoms with Gasteiger partial charge in [-0.25, -0.2) is 33.6 Å². The van der Waals surface area contributed by atoms with E-state index in [1.54, 1.807) is 145 Å². The molecule has 0 bridgehead atoms. The molecule has 0 unspecified atom stereocenters. The Morgan fingerprint density at radius 3 is 1.16 bits per heavy atom. The van der Waals surface area contributed by atoms with E-state index < -0.39 is 96.4 Å². The molecule has 2 aromatic heterocycles. The number of nitrogens with two attached hydrogens (primary N) is 3. The number of aromatic nitrogens is 4. The Kier molecular flexibility index (Phi) is 38.9. The van der Waals surface area contributed by atoms with Gasteiger partial charge in [-0.1, -0.05) is 0 Å². The third kappa shape index (κ3) is 39.0. The van der Waals surface area contributed by atoms with Crippen molar-refractivity contribution in [1.82, 2.24) is 19.1 Å². The topological polar surface area (TPSA) is 553 Å². The summed E-state index contributed by atoms with van der Waals surface area (Å²) in [5.74, 6) is -1.93. The van der Waals surface area contributed by atoms with Crippen LogP contribution in [0.5, 0.6) is 0 Å². The highest BCUT2D eigenvalue weighted by Crippen LogP contribution is 2.29. The van der Waals surface area contributed by atoms with Gasteiger partial charge in [0.15, 0.2) is 0 Å². The number of aliphatic hydroxyl groups is 4. The summed E-state index contributed by atoms with van der Waals surface area (Å²) < 4.78 is 58.0. The summed E-state index contributed by atoms with van der Waals surface area (Å²) in [5.41, 5.74) is 15.8. The van der Waals surface area contributed by atoms with Crippen molar-refractivity contribution in [3.8, 4) is 0 Å². The Morgan fingerprint density at radius 2 is 0.796 bits per heavy atom. The van der Waals surface area contributed by atoms with Crippen LogP contribution in [0.1, 0.15) is 130 Å². The molecular weight excluding hydrogens is 1430 g/mol. The maximum absolute atomic E-state index is 13.3. The zero-order valence-electron chi connectivity index (χ0n) is 62.9. The zero-order chi connectivity index (χ0) is 82.7. The number of halogens is 2. The van der Waals surface area contributed by atoms with E-state index in [1.807, 2.05) is 0 Å². The average Bonchev–Trinajstić information content (AvgIpc) is 1.66. The van der Waals surface area contributed by atoms with Gasteiger partial charge in [0.05, 0.1) is 36.8 Å². The van der Waals surface area contributed by atoms with Gasteiger partial charge in [0, 0.05) is 105 Å². The molecule has 598 valence electrons. The van der Waals surface area contributed by atoms with E-state index in [-0.39, 0.29) is 60.6 Å². The Balaban J connectivity index is 0.000000647. The van der Waals surface area contributed by atoms with Crippen molar-refractivity contribution in [3.63, 3.8) is 0 Å². The number of benzene rings is 5. The fourth-order valence-corrected chi connectivity index (χ4v) is 7.89. The monoisotopic (exact) mass is 1530 g/mol. The van der Waals surface area contributed by atoms with Gasteiger partial charge < -0.3 is 81.3 Å². The lowest BCUT2D eigenvalue weighted by molar-refractivity contribution is -0.387. The molecule has 7 rings (SSSR count). The molecule has 0 aliphatic heterocycles. The van der Waals surface area contributed by atoms with E-state index in [0.29, 0.717) is 73.5 Å². The van der Waals surface area contributed by atoms with Crippen LogP contribution in [-0.4, -0.2) is 152 Å². The maximum atomic E-state index is 13.3. The number of aryl methyl sites for hydroxylation is 2. The van der Waals surface area contributed by atoms with Crippen LogP contribution >= 0.6 is 0 Å². The predicted octanol–water partition coefficient (Wildman–Crippen LogP) is 11.7. The van der Waals surface area contributed by atoms with Crippen molar-refractivity contribution in [2.24, 2.45) is 5.73 Å². The number of hydrogen-bond acceptors (Lipinski definition) is 27. The summed E-state index contributed by atoms with van der Waals surface area (Å²) in [5, 5.41) is 76.1. The van der Waals surface area contributed by atoms with Crippen molar-refractivity contribution < 1.29 is 96.4 Å². The molecule has 0 aliphatic carbocycles. The van der Waals surface area contributed by atoms with Crippen LogP contribution in [0.2, 0.25) is 0 Å². The minimum Gasteiger partial charge on any atom is -0.444 e. The smallest absolute Gasteiger partial charge is 0.444 e. The van der Waals surface area contributed by atoms with Gasteiger partial charge >= 0.3 is 53.3 Å². The molecule has 16 N–H and O–H groups in total. The second-order valence-corrected chi connectivity index (χ2v) is 27.5. The second kappa shape index (κ2) is 44.4. The first-order chi connectivity index (χ1) is 49.9. The lowest BCUT2D eigenvalue weighted by Gasteiger charge is -2.20. The number of carbonyl (C=O) groups excluding carboxylic acids is 5. The van der Waals surface area contributed by atoms with Crippen LogP contribution in [0.4, 0.5) is 83.9 Å². The minimum atomic E-state index is -1.06. The number of anilines is 6. The van der Waals surface area contributed by atoms with Crippen LogP contribution in [0.25, 0.3) is 22.1 Å². The second-order valence-electron chi connectivity index (χ2n) is 27.5. The number of nitrogen functional groups attached to an aromatic ring is 2. The summed E-state index contributed by atoms with van der Waals surface area (Å²) in [4.78, 5) is 115. The normalized spacial score (nSPS) is 10.9. The molecule has 0 saturated heterocycles. The highest BCUT2D eigenvalue weighted by Gasteiger charge is 2.26. The van der Waals surface area contributed by atoms with Crippen LogP contribution in [0.15, 0.2) is 101 Å². The van der Waals surface area contributed by atoms with Gasteiger partial charge in [-0.15, -0.1) is 0 Å². The zero-order valence-corrected chi connectivity index (χ0v) is 62.9. The predicted molar refractivity (Wildman–Crippen MR) is 401 cm³/mol. The third-order valence-corrected chi connectivity index (χ3v) is 12.1. The molecule has 0 atom stereocenters. The van der Waals surface area contributed by atoms with E-state index in [2.05, 4.69) is 36.0 Å². The molecule has 5 aromatic carbocycles. The first kappa shape index (κ1) is 94.5. The standard InChI is InChI=1S/C15H21N3O4.C14H21N3O5.C11H13FN2O4.C10H13N3O2.C10H18O5.C6H5FN2O2.C3H9NO/c1-15(2,3)22-14(21)16-10-5-6-11-12(9-10)18(7-4-8-19)13(20)17-11;1-14(2,3)22-13(19)16-10-5-6-12(17(20)21)11(9-10)15-7-4-8-18;1-11(2,3)18-10(15)13-7-4-5-9(14(16)17)8(12)6-7;11-7-2-3-8-9(6-7)13(4-1-5-14)10(15)12-8;1-9(2,3)14-7(11)13-8(12)15-10(4,5)6;7-5-3-4(8)1-2-6(5)9(10)11;4-2-1-3-5/h5-6,9,19H,4,7-8H2,1-3H3,(H,16,21)(H,17,20);5-6,9,15,18H,4,7-8H2,1-3H3,(H,16,19);4-6H,1-3H3,(H,13,15);2-3,6,14H,1,4-5,11H2,(H,12,15);1-6H3;1-3H,8H2;5H,1-4H2. The number of amides is 3. The van der Waals surface area contributed by atoms with E-state index in [1.165, 1.54) is 34.9 Å². The fraction of sp³-hybridized carbons (Fsp3) is 0.464. The number of fused-ring (bicyclic) bond motifs is 2. The fourth-order valence-electron chi connectivity index (χ4n) is 7.89. The molecule has 39 heteroatoms. The number of aromatic amines is 2. The van der Waals surface area contributed by atoms with Gasteiger partial charge in [0.2, 0.25) is 11.6 Å². The summed E-state index contributed by atoms with van der Waals surface area (Å²) in [6.07, 6.45) is -1.84. The molecule has 0 radical (unpaired) electrons. The first-order valence-electron chi connectivity index (χ1n) is 33.1. The maximum Gasteiger partial charge on any atom is 0.519 e. The molecule has 0 spiro atoms. The number of aliphatic hydroxyl groups excluding tert-OH is 4. The van der Waals surface area contributed by atoms with Crippen molar-refractivity contribution in [3.05, 3.63) is 154 Å². The van der Waals surface area contributed by atoms with Crippen molar-refractivity contribution >= 4 is 104 Å². The van der Waals surface area contributed by atoms with Crippen LogP contribution in [0.3, 0.4) is 0 Å². The third-order valence-electron chi connectivity index (χ3n) is 12.1. The van der Waals surface area contributed by atoms with E-state index >= 15 is 0 Å². The highest BCUT2D eigenvalue weighted by atomic mass is 19.1. The first-order valence-corrected chi connectivity index (χ1v) is 33.1. The number of rotatable bonds is 18. The molecule has 3 amide bonds. The SMILES string of the molecule is CC(C)(C)OC(=O)Nc1ccc([N+](=O)[O-])c(F)c1.CC(C)(C)OC(=O)Nc1ccc([N+](=O)[O-])c(NCCCO)c1.CC(C)(C)OC(=O)Nc1ccc2[nH]c(=O)n(CCCO)c2c1.CC(C)(C)OC(=O)OC(=O)OC(C)(C)C.NCCCO.Nc1ccc([N+](=O)[O-])c(F)c1.Nc1ccc2[nH]c(=O)n(CCCO)c2c1. The number of carbonyl (C=O) groups is 5. The number of H-pyrrole nitrogens is 2. The summed E-state index contributed by atoms with van der Waals surface area (Å²) in [6, 6.07) is 20.9. The lowest BCUT2D eigenvalue weighted by Crippen LogP contribution is -2.29. The number of hydrogen-bond donors (Lipinski definition) is 13.